The van der Waals surface area contributed by atoms with E-state index in [1.165, 1.54) is 18.3 Å². The molecule has 3 rings (SSSR count). The van der Waals surface area contributed by atoms with Gasteiger partial charge in [-0.2, -0.15) is 5.10 Å². The van der Waals surface area contributed by atoms with Crippen molar-refractivity contribution in [3.8, 4) is 11.3 Å². The summed E-state index contributed by atoms with van der Waals surface area (Å²) in [6.45, 7) is 1.45. The second-order valence-corrected chi connectivity index (χ2v) is 6.13. The summed E-state index contributed by atoms with van der Waals surface area (Å²) in [4.78, 5) is 10.4. The normalized spacial score (nSPS) is 16.7. The van der Waals surface area contributed by atoms with E-state index in [4.69, 9.17) is 21.4 Å². The summed E-state index contributed by atoms with van der Waals surface area (Å²) >= 11 is 5.14. The molecule has 0 saturated carbocycles. The van der Waals surface area contributed by atoms with Crippen LogP contribution in [0.25, 0.3) is 11.3 Å². The summed E-state index contributed by atoms with van der Waals surface area (Å²) in [5, 5.41) is 18.3. The van der Waals surface area contributed by atoms with E-state index in [0.717, 1.165) is 19.4 Å². The molecule has 2 aromatic rings. The summed E-state index contributed by atoms with van der Waals surface area (Å²) < 4.78 is 11.1. The van der Waals surface area contributed by atoms with E-state index in [2.05, 4.69) is 15.8 Å². The Kier molecular flexibility index (Phi) is 5.92. The van der Waals surface area contributed by atoms with Gasteiger partial charge in [0.1, 0.15) is 11.5 Å². The van der Waals surface area contributed by atoms with Crippen LogP contribution in [0.4, 0.5) is 5.69 Å². The van der Waals surface area contributed by atoms with Crippen LogP contribution in [-0.4, -0.2) is 35.5 Å². The van der Waals surface area contributed by atoms with Crippen LogP contribution in [0.15, 0.2) is 45.9 Å². The van der Waals surface area contributed by atoms with Gasteiger partial charge < -0.3 is 14.5 Å². The van der Waals surface area contributed by atoms with Crippen molar-refractivity contribution in [2.45, 2.75) is 18.9 Å². The van der Waals surface area contributed by atoms with Gasteiger partial charge in [0.25, 0.3) is 5.69 Å². The number of nitro benzene ring substituents is 1. The fourth-order valence-electron chi connectivity index (χ4n) is 2.56. The highest BCUT2D eigenvalue weighted by atomic mass is 32.1. The lowest BCUT2D eigenvalue weighted by atomic mass is 10.1. The summed E-state index contributed by atoms with van der Waals surface area (Å²) in [7, 11) is 0. The number of nitrogens with one attached hydrogen (secondary N) is 2. The number of ether oxygens (including phenoxy) is 1. The standard InChI is InChI=1S/C17H18N4O4S/c22-21(23)13-4-1-3-12(9-13)16-7-6-15(25-16)11-19-20-17(26)18-10-14-5-2-8-24-14/h1,3-4,6-7,9,11,14H,2,5,8,10H2,(H2,18,20,26)/b19-11-/t14-/m0/s1. The van der Waals surface area contributed by atoms with Crippen LogP contribution in [0.5, 0.6) is 0 Å². The highest BCUT2D eigenvalue weighted by Crippen LogP contribution is 2.25. The average Bonchev–Trinajstić information content (AvgIpc) is 3.32. The minimum Gasteiger partial charge on any atom is -0.455 e. The molecule has 2 heterocycles. The van der Waals surface area contributed by atoms with Crippen molar-refractivity contribution in [1.82, 2.24) is 10.7 Å². The molecule has 0 spiro atoms. The Labute approximate surface area is 155 Å². The molecule has 8 nitrogen and oxygen atoms in total. The van der Waals surface area contributed by atoms with Gasteiger partial charge >= 0.3 is 0 Å². The number of hydrogen-bond acceptors (Lipinski definition) is 6. The van der Waals surface area contributed by atoms with E-state index < -0.39 is 4.92 Å². The molecule has 1 aliphatic rings. The Hall–Kier alpha value is -2.78. The zero-order chi connectivity index (χ0) is 18.4. The van der Waals surface area contributed by atoms with Crippen molar-refractivity contribution < 1.29 is 14.1 Å². The van der Waals surface area contributed by atoms with Gasteiger partial charge in [0.2, 0.25) is 0 Å². The molecule has 0 amide bonds. The summed E-state index contributed by atoms with van der Waals surface area (Å²) in [5.41, 5.74) is 3.35. The van der Waals surface area contributed by atoms with Crippen LogP contribution in [0.1, 0.15) is 18.6 Å². The first kappa shape index (κ1) is 18.0. The third-order valence-corrected chi connectivity index (χ3v) is 4.08. The maximum Gasteiger partial charge on any atom is 0.270 e. The number of thiocarbonyl (C=S) groups is 1. The van der Waals surface area contributed by atoms with Crippen LogP contribution < -0.4 is 10.7 Å². The molecule has 136 valence electrons. The first-order valence-electron chi connectivity index (χ1n) is 8.15. The number of nitrogens with zero attached hydrogens (tertiary/aromatic N) is 2. The SMILES string of the molecule is O=[N+]([O-])c1cccc(-c2ccc(/C=N\NC(=S)NC[C@@H]3CCCO3)o2)c1. The van der Waals surface area contributed by atoms with Crippen molar-refractivity contribution in [3.63, 3.8) is 0 Å². The van der Waals surface area contributed by atoms with E-state index in [1.807, 2.05) is 0 Å². The fraction of sp³-hybridized carbons (Fsp3) is 0.294. The first-order chi connectivity index (χ1) is 12.6. The monoisotopic (exact) mass is 374 g/mol. The number of furan rings is 1. The third kappa shape index (κ3) is 4.87. The Bertz CT molecular complexity index is 815. The minimum atomic E-state index is -0.441. The summed E-state index contributed by atoms with van der Waals surface area (Å²) in [6, 6.07) is 9.71. The van der Waals surface area contributed by atoms with Crippen LogP contribution in [-0.2, 0) is 4.74 Å². The zero-order valence-corrected chi connectivity index (χ0v) is 14.7. The molecule has 0 bridgehead atoms. The van der Waals surface area contributed by atoms with Gasteiger partial charge in [-0.3, -0.25) is 15.5 Å². The predicted octanol–water partition coefficient (Wildman–Crippen LogP) is 2.83. The van der Waals surface area contributed by atoms with Gasteiger partial charge in [0, 0.05) is 30.8 Å². The highest BCUT2D eigenvalue weighted by molar-refractivity contribution is 7.80. The van der Waals surface area contributed by atoms with Gasteiger partial charge in [0.15, 0.2) is 5.11 Å². The largest absolute Gasteiger partial charge is 0.455 e. The number of rotatable bonds is 6. The maximum absolute atomic E-state index is 10.9. The van der Waals surface area contributed by atoms with E-state index in [-0.39, 0.29) is 11.8 Å². The zero-order valence-electron chi connectivity index (χ0n) is 13.9. The number of hydrogen-bond donors (Lipinski definition) is 2. The van der Waals surface area contributed by atoms with Crippen molar-refractivity contribution >= 4 is 29.2 Å². The minimum absolute atomic E-state index is 0.0125. The van der Waals surface area contributed by atoms with Crippen LogP contribution in [0.2, 0.25) is 0 Å². The number of non-ortho nitro benzene ring substituents is 1. The molecule has 9 heteroatoms. The first-order valence-corrected chi connectivity index (χ1v) is 8.56. The van der Waals surface area contributed by atoms with Gasteiger partial charge in [-0.15, -0.1) is 0 Å². The Morgan fingerprint density at radius 3 is 3.08 bits per heavy atom. The number of nitro groups is 1. The molecule has 1 aliphatic heterocycles. The van der Waals surface area contributed by atoms with Crippen molar-refractivity contribution in [2.24, 2.45) is 5.10 Å². The van der Waals surface area contributed by atoms with Gasteiger partial charge in [-0.25, -0.2) is 0 Å². The maximum atomic E-state index is 10.9. The van der Waals surface area contributed by atoms with Crippen molar-refractivity contribution in [2.75, 3.05) is 13.2 Å². The molecule has 1 atom stereocenters. The molecule has 0 aliphatic carbocycles. The lowest BCUT2D eigenvalue weighted by Gasteiger charge is -2.11. The van der Waals surface area contributed by atoms with Crippen molar-refractivity contribution in [1.29, 1.82) is 0 Å². The lowest BCUT2D eigenvalue weighted by Crippen LogP contribution is -2.37. The predicted molar refractivity (Wildman–Crippen MR) is 101 cm³/mol. The number of benzene rings is 1. The molecule has 0 radical (unpaired) electrons. The van der Waals surface area contributed by atoms with E-state index in [1.54, 1.807) is 24.3 Å². The fourth-order valence-corrected chi connectivity index (χ4v) is 2.69. The Morgan fingerprint density at radius 1 is 1.42 bits per heavy atom. The van der Waals surface area contributed by atoms with E-state index >= 15 is 0 Å². The summed E-state index contributed by atoms with van der Waals surface area (Å²) in [6.07, 6.45) is 3.80. The third-order valence-electron chi connectivity index (χ3n) is 3.84. The van der Waals surface area contributed by atoms with Gasteiger partial charge in [-0.1, -0.05) is 12.1 Å². The van der Waals surface area contributed by atoms with Gasteiger partial charge in [0.05, 0.1) is 17.2 Å². The van der Waals surface area contributed by atoms with Gasteiger partial charge in [-0.05, 0) is 37.2 Å². The molecule has 2 N–H and O–H groups in total. The second-order valence-electron chi connectivity index (χ2n) is 5.72. The Morgan fingerprint density at radius 2 is 2.31 bits per heavy atom. The lowest BCUT2D eigenvalue weighted by molar-refractivity contribution is -0.384. The molecule has 1 saturated heterocycles. The summed E-state index contributed by atoms with van der Waals surface area (Å²) in [5.74, 6) is 1.02. The molecule has 0 unspecified atom stereocenters. The van der Waals surface area contributed by atoms with Crippen LogP contribution in [0, 0.1) is 10.1 Å². The highest BCUT2D eigenvalue weighted by Gasteiger charge is 2.15. The van der Waals surface area contributed by atoms with Crippen molar-refractivity contribution in [3.05, 3.63) is 52.3 Å². The smallest absolute Gasteiger partial charge is 0.270 e. The molecule has 1 aromatic heterocycles. The molecular weight excluding hydrogens is 356 g/mol. The molecule has 26 heavy (non-hydrogen) atoms. The average molecular weight is 374 g/mol. The van der Waals surface area contributed by atoms with E-state index in [0.29, 0.717) is 28.7 Å². The quantitative estimate of drug-likeness (QED) is 0.347. The molecular formula is C17H18N4O4S. The van der Waals surface area contributed by atoms with Crippen LogP contribution >= 0.6 is 12.2 Å². The van der Waals surface area contributed by atoms with E-state index in [9.17, 15) is 10.1 Å². The van der Waals surface area contributed by atoms with Crippen LogP contribution in [0.3, 0.4) is 0 Å². The Balaban J connectivity index is 1.53. The number of hydrazone groups is 1. The topological polar surface area (TPSA) is 102 Å². The second kappa shape index (κ2) is 8.54. The molecule has 1 fully saturated rings. The molecule has 1 aromatic carbocycles.